The van der Waals surface area contributed by atoms with Crippen molar-refractivity contribution in [2.45, 2.75) is 43.6 Å². The minimum atomic E-state index is -6.36. The lowest BCUT2D eigenvalue weighted by Gasteiger charge is -2.40. The molecule has 0 aliphatic heterocycles. The molecule has 12 heteroatoms. The van der Waals surface area contributed by atoms with Crippen LogP contribution in [0.15, 0.2) is 66.3 Å². The van der Waals surface area contributed by atoms with Gasteiger partial charge < -0.3 is 11.1 Å². The summed E-state index contributed by atoms with van der Waals surface area (Å²) < 4.78 is 111. The van der Waals surface area contributed by atoms with Gasteiger partial charge in [-0.2, -0.15) is 26.3 Å². The van der Waals surface area contributed by atoms with E-state index < -0.39 is 63.8 Å². The second kappa shape index (κ2) is 9.31. The van der Waals surface area contributed by atoms with Gasteiger partial charge in [0.2, 0.25) is 5.91 Å². The molecule has 2 amide bonds. The van der Waals surface area contributed by atoms with Crippen molar-refractivity contribution in [1.29, 1.82) is 0 Å². The number of nitrogens with two attached hydrogens (primary N) is 1. The molecule has 0 saturated carbocycles. The highest BCUT2D eigenvalue weighted by molar-refractivity contribution is 5.97. The van der Waals surface area contributed by atoms with Gasteiger partial charge in [0, 0.05) is 11.1 Å². The van der Waals surface area contributed by atoms with Gasteiger partial charge in [-0.1, -0.05) is 48.6 Å². The van der Waals surface area contributed by atoms with Crippen LogP contribution in [0.3, 0.4) is 0 Å². The van der Waals surface area contributed by atoms with Gasteiger partial charge in [0.25, 0.3) is 5.91 Å². The van der Waals surface area contributed by atoms with Crippen LogP contribution in [0.25, 0.3) is 0 Å². The molecule has 1 aliphatic rings. The molecule has 1 aliphatic carbocycles. The van der Waals surface area contributed by atoms with Gasteiger partial charge in [-0.05, 0) is 42.7 Å². The number of alkyl halides is 8. The SMILES string of the molecule is Cc1cc(C(F)(C(F)(F)F)C(F)(F)F)cc(C)c1C1(NC(=O)c2ccccc2)C=CC=C(C(N)=O)C1F. The number of aryl methyl sites for hydroxylation is 2. The van der Waals surface area contributed by atoms with Gasteiger partial charge in [0.05, 0.1) is 5.57 Å². The number of carbonyl (C=O) groups excluding carboxylic acids is 2. The van der Waals surface area contributed by atoms with E-state index in [4.69, 9.17) is 5.73 Å². The number of benzene rings is 2. The Balaban J connectivity index is 2.28. The van der Waals surface area contributed by atoms with Crippen LogP contribution in [-0.2, 0) is 16.0 Å². The Morgan fingerprint density at radius 1 is 0.919 bits per heavy atom. The maximum atomic E-state index is 16.0. The molecule has 2 atom stereocenters. The summed E-state index contributed by atoms with van der Waals surface area (Å²) in [5.74, 6) is -2.08. The molecular formula is C25H20F8N2O2. The highest BCUT2D eigenvalue weighted by Gasteiger charge is 2.73. The zero-order valence-corrected chi connectivity index (χ0v) is 19.3. The monoisotopic (exact) mass is 532 g/mol. The molecule has 198 valence electrons. The zero-order valence-electron chi connectivity index (χ0n) is 19.3. The average Bonchev–Trinajstić information content (AvgIpc) is 2.78. The van der Waals surface area contributed by atoms with E-state index in [2.05, 4.69) is 5.32 Å². The standard InChI is InChI=1S/C25H20F8N2O2/c1-13-11-16(23(27,24(28,29)30)25(31,32)33)12-14(2)18(13)22(10-6-9-17(19(22)26)20(34)36)35-21(37)15-7-4-3-5-8-15/h3-12,19H,1-2H3,(H2,34,36)(H,35,37). The molecule has 0 aromatic heterocycles. The Morgan fingerprint density at radius 2 is 1.43 bits per heavy atom. The minimum Gasteiger partial charge on any atom is -0.366 e. The average molecular weight is 532 g/mol. The van der Waals surface area contributed by atoms with Crippen LogP contribution in [-0.4, -0.2) is 30.3 Å². The molecule has 0 radical (unpaired) electrons. The first-order chi connectivity index (χ1) is 17.0. The van der Waals surface area contributed by atoms with Crippen molar-refractivity contribution in [3.8, 4) is 0 Å². The Morgan fingerprint density at radius 3 is 1.89 bits per heavy atom. The topological polar surface area (TPSA) is 72.2 Å². The molecule has 4 nitrogen and oxygen atoms in total. The van der Waals surface area contributed by atoms with Crippen LogP contribution >= 0.6 is 0 Å². The molecule has 2 unspecified atom stereocenters. The fourth-order valence-corrected chi connectivity index (χ4v) is 4.45. The summed E-state index contributed by atoms with van der Waals surface area (Å²) in [7, 11) is 0. The third-order valence-electron chi connectivity index (χ3n) is 6.07. The van der Waals surface area contributed by atoms with E-state index in [1.165, 1.54) is 30.3 Å². The first-order valence-corrected chi connectivity index (χ1v) is 10.6. The summed E-state index contributed by atoms with van der Waals surface area (Å²) in [6, 6.07) is 7.93. The number of rotatable bonds is 5. The van der Waals surface area contributed by atoms with Gasteiger partial charge in [-0.25, -0.2) is 8.78 Å². The van der Waals surface area contributed by atoms with E-state index in [1.54, 1.807) is 6.07 Å². The maximum Gasteiger partial charge on any atom is 0.435 e. The highest BCUT2D eigenvalue weighted by Crippen LogP contribution is 2.54. The molecule has 0 saturated heterocycles. The molecule has 3 rings (SSSR count). The molecule has 0 heterocycles. The number of primary amides is 1. The van der Waals surface area contributed by atoms with E-state index in [-0.39, 0.29) is 11.1 Å². The van der Waals surface area contributed by atoms with Crippen LogP contribution in [0.4, 0.5) is 35.1 Å². The Labute approximate surface area is 205 Å². The number of nitrogens with one attached hydrogen (secondary N) is 1. The third-order valence-corrected chi connectivity index (χ3v) is 6.07. The molecule has 3 N–H and O–H groups in total. The second-order valence-corrected chi connectivity index (χ2v) is 8.54. The number of amides is 2. The van der Waals surface area contributed by atoms with Crippen LogP contribution in [0.2, 0.25) is 0 Å². The van der Waals surface area contributed by atoms with Crippen molar-refractivity contribution < 1.29 is 44.7 Å². The maximum absolute atomic E-state index is 16.0. The van der Waals surface area contributed by atoms with Crippen molar-refractivity contribution in [3.05, 3.63) is 94.1 Å². The molecule has 0 spiro atoms. The van der Waals surface area contributed by atoms with Gasteiger partial charge >= 0.3 is 18.0 Å². The van der Waals surface area contributed by atoms with Crippen molar-refractivity contribution in [3.63, 3.8) is 0 Å². The van der Waals surface area contributed by atoms with E-state index in [0.29, 0.717) is 12.1 Å². The number of hydrogen-bond acceptors (Lipinski definition) is 2. The fourth-order valence-electron chi connectivity index (χ4n) is 4.45. The molecule has 2 aromatic rings. The number of carbonyl (C=O) groups is 2. The Kier molecular flexibility index (Phi) is 7.02. The Hall–Kier alpha value is -3.70. The van der Waals surface area contributed by atoms with Crippen molar-refractivity contribution in [2.75, 3.05) is 0 Å². The quantitative estimate of drug-likeness (QED) is 0.497. The van der Waals surface area contributed by atoms with Crippen LogP contribution < -0.4 is 11.1 Å². The summed E-state index contributed by atoms with van der Waals surface area (Å²) in [6.45, 7) is 2.08. The summed E-state index contributed by atoms with van der Waals surface area (Å²) in [4.78, 5) is 24.9. The number of allylic oxidation sites excluding steroid dienone is 2. The molecule has 0 bridgehead atoms. The van der Waals surface area contributed by atoms with Gasteiger partial charge in [-0.3, -0.25) is 9.59 Å². The van der Waals surface area contributed by atoms with E-state index >= 15 is 4.39 Å². The molecule has 2 aromatic carbocycles. The minimum absolute atomic E-state index is 0.0431. The predicted octanol–water partition coefficient (Wildman–Crippen LogP) is 5.54. The second-order valence-electron chi connectivity index (χ2n) is 8.54. The van der Waals surface area contributed by atoms with Crippen LogP contribution in [0, 0.1) is 13.8 Å². The Bertz CT molecular complexity index is 1240. The summed E-state index contributed by atoms with van der Waals surface area (Å²) in [5, 5.41) is 2.41. The molecule has 37 heavy (non-hydrogen) atoms. The fraction of sp³-hybridized carbons (Fsp3) is 0.280. The lowest BCUT2D eigenvalue weighted by atomic mass is 9.73. The highest BCUT2D eigenvalue weighted by atomic mass is 19.4. The number of halogens is 8. The summed E-state index contributed by atoms with van der Waals surface area (Å²) in [5.41, 5.74) is -6.16. The largest absolute Gasteiger partial charge is 0.435 e. The molecular weight excluding hydrogens is 512 g/mol. The van der Waals surface area contributed by atoms with E-state index in [0.717, 1.165) is 26.0 Å². The van der Waals surface area contributed by atoms with Crippen LogP contribution in [0.5, 0.6) is 0 Å². The lowest BCUT2D eigenvalue weighted by molar-refractivity contribution is -0.348. The third kappa shape index (κ3) is 4.60. The van der Waals surface area contributed by atoms with Crippen molar-refractivity contribution in [2.24, 2.45) is 5.73 Å². The lowest BCUT2D eigenvalue weighted by Crippen LogP contribution is -2.55. The normalized spacial score (nSPS) is 20.4. The van der Waals surface area contributed by atoms with Gasteiger partial charge in [0.15, 0.2) is 6.17 Å². The summed E-state index contributed by atoms with van der Waals surface area (Å²) in [6.07, 6.45) is -11.8. The van der Waals surface area contributed by atoms with E-state index in [1.807, 2.05) is 0 Å². The first kappa shape index (κ1) is 27.9. The van der Waals surface area contributed by atoms with E-state index in [9.17, 15) is 40.3 Å². The first-order valence-electron chi connectivity index (χ1n) is 10.6. The summed E-state index contributed by atoms with van der Waals surface area (Å²) >= 11 is 0. The molecule has 0 fully saturated rings. The predicted molar refractivity (Wildman–Crippen MR) is 118 cm³/mol. The van der Waals surface area contributed by atoms with Crippen LogP contribution in [0.1, 0.15) is 32.6 Å². The zero-order chi connectivity index (χ0) is 28.0. The smallest absolute Gasteiger partial charge is 0.366 e. The van der Waals surface area contributed by atoms with Crippen molar-refractivity contribution >= 4 is 11.8 Å². The van der Waals surface area contributed by atoms with Gasteiger partial charge in [0.1, 0.15) is 5.54 Å². The van der Waals surface area contributed by atoms with Gasteiger partial charge in [-0.15, -0.1) is 0 Å². The number of hydrogen-bond donors (Lipinski definition) is 2. The van der Waals surface area contributed by atoms with Crippen molar-refractivity contribution in [1.82, 2.24) is 5.32 Å².